The van der Waals surface area contributed by atoms with Crippen LogP contribution >= 0.6 is 21.6 Å². The fourth-order valence-corrected chi connectivity index (χ4v) is 15.3. The van der Waals surface area contributed by atoms with Crippen molar-refractivity contribution < 1.29 is 30.3 Å². The van der Waals surface area contributed by atoms with Crippen LogP contribution in [0.4, 0.5) is 0 Å². The number of hydrogen-bond acceptors (Lipinski definition) is 10. The van der Waals surface area contributed by atoms with Gasteiger partial charge in [-0.15, -0.1) is 0 Å². The first-order valence-corrected chi connectivity index (χ1v) is 25.3. The quantitative estimate of drug-likeness (QED) is 0.0829. The number of H-pyrrole nitrogens is 1. The normalized spacial score (nSPS) is 38.9. The van der Waals surface area contributed by atoms with Gasteiger partial charge in [0.05, 0.1) is 18.3 Å². The number of hydrogen-bond donors (Lipinski definition) is 8. The molecule has 10 rings (SSSR count). The van der Waals surface area contributed by atoms with Gasteiger partial charge >= 0.3 is 0 Å². The third-order valence-electron chi connectivity index (χ3n) is 16.0. The van der Waals surface area contributed by atoms with Crippen LogP contribution in [0, 0.1) is 64.6 Å². The number of aromatic nitrogens is 1. The highest BCUT2D eigenvalue weighted by molar-refractivity contribution is 8.76. The maximum atomic E-state index is 12.4. The van der Waals surface area contributed by atoms with Gasteiger partial charge in [-0.05, 0) is 135 Å². The number of aromatic hydroxyl groups is 1. The number of aliphatic hydroxyl groups is 4. The fraction of sp³-hybridized carbons (Fsp3) is 0.633. The van der Waals surface area contributed by atoms with Crippen molar-refractivity contribution >= 4 is 21.6 Å². The van der Waals surface area contributed by atoms with Gasteiger partial charge in [-0.25, -0.2) is 0 Å². The van der Waals surface area contributed by atoms with Gasteiger partial charge < -0.3 is 46.3 Å². The summed E-state index contributed by atoms with van der Waals surface area (Å²) in [6.07, 6.45) is 13.1. The zero-order chi connectivity index (χ0) is 41.7. The Morgan fingerprint density at radius 3 is 2.68 bits per heavy atom. The molecule has 4 fully saturated rings. The lowest BCUT2D eigenvalue weighted by Crippen LogP contribution is -2.42. The summed E-state index contributed by atoms with van der Waals surface area (Å²) in [4.78, 5) is 3.37. The van der Waals surface area contributed by atoms with Gasteiger partial charge in [-0.3, -0.25) is 0 Å². The van der Waals surface area contributed by atoms with Gasteiger partial charge in [0.15, 0.2) is 11.5 Å². The van der Waals surface area contributed by atoms with E-state index >= 15 is 0 Å². The number of nitrogens with one attached hydrogen (secondary N) is 2. The Bertz CT molecular complexity index is 2040. The lowest BCUT2D eigenvalue weighted by atomic mass is 9.62. The zero-order valence-corrected chi connectivity index (χ0v) is 36.8. The molecular formula is C49H65N3O6S2. The fourth-order valence-electron chi connectivity index (χ4n) is 12.7. The summed E-state index contributed by atoms with van der Waals surface area (Å²) in [7, 11) is 3.29. The summed E-state index contributed by atoms with van der Waals surface area (Å²) in [5.41, 5.74) is 13.2. The van der Waals surface area contributed by atoms with Crippen molar-refractivity contribution in [1.82, 2.24) is 10.3 Å². The van der Waals surface area contributed by atoms with Crippen molar-refractivity contribution in [2.45, 2.75) is 115 Å². The average Bonchev–Trinajstić information content (AvgIpc) is 3.53. The van der Waals surface area contributed by atoms with E-state index in [-0.39, 0.29) is 53.3 Å². The van der Waals surface area contributed by atoms with Crippen LogP contribution < -0.4 is 15.8 Å². The van der Waals surface area contributed by atoms with E-state index in [4.69, 9.17) is 10.5 Å². The van der Waals surface area contributed by atoms with E-state index in [2.05, 4.69) is 54.2 Å². The molecule has 1 saturated heterocycles. The van der Waals surface area contributed by atoms with Gasteiger partial charge in [0.1, 0.15) is 11.9 Å². The summed E-state index contributed by atoms with van der Waals surface area (Å²) in [6, 6.07) is 7.86. The molecule has 60 heavy (non-hydrogen) atoms. The van der Waals surface area contributed by atoms with Crippen molar-refractivity contribution in [1.29, 1.82) is 0 Å². The van der Waals surface area contributed by atoms with Crippen molar-refractivity contribution in [2.75, 3.05) is 24.7 Å². The van der Waals surface area contributed by atoms with Crippen LogP contribution in [-0.2, 0) is 12.8 Å². The molecule has 9 N–H and O–H groups in total. The molecule has 1 aromatic heterocycles. The molecule has 2 aromatic rings. The number of aliphatic hydroxyl groups excluding tert-OH is 4. The molecule has 2 aliphatic heterocycles. The molecule has 3 heterocycles. The maximum absolute atomic E-state index is 12.4. The molecule has 11 heteroatoms. The average molecular weight is 856 g/mol. The lowest BCUT2D eigenvalue weighted by Gasteiger charge is -2.41. The third kappa shape index (κ3) is 7.96. The summed E-state index contributed by atoms with van der Waals surface area (Å²) in [5, 5.41) is 62.6. The minimum atomic E-state index is -1.02. The van der Waals surface area contributed by atoms with E-state index in [0.29, 0.717) is 60.7 Å². The Hall–Kier alpha value is -2.98. The van der Waals surface area contributed by atoms with E-state index in [1.165, 1.54) is 18.4 Å². The van der Waals surface area contributed by atoms with Crippen molar-refractivity contribution in [2.24, 2.45) is 58.5 Å². The Morgan fingerprint density at radius 1 is 1.03 bits per heavy atom. The van der Waals surface area contributed by atoms with Crippen molar-refractivity contribution in [3.05, 3.63) is 82.0 Å². The molecule has 14 atom stereocenters. The molecule has 6 aliphatic carbocycles. The number of phenolic OH excluding ortho intramolecular Hbond substituents is 1. The van der Waals surface area contributed by atoms with E-state index < -0.39 is 30.3 Å². The van der Waals surface area contributed by atoms with Crippen molar-refractivity contribution in [3.8, 4) is 23.3 Å². The number of dihydropyridines is 1. The summed E-state index contributed by atoms with van der Waals surface area (Å²) < 4.78 is 6.90. The molecule has 0 radical (unpaired) electrons. The molecule has 1 aromatic carbocycles. The molecule has 3 saturated carbocycles. The Morgan fingerprint density at radius 2 is 1.90 bits per heavy atom. The smallest absolute Gasteiger partial charge is 0.161 e. The molecule has 9 nitrogen and oxygen atoms in total. The van der Waals surface area contributed by atoms with Gasteiger partial charge in [0.25, 0.3) is 0 Å². The van der Waals surface area contributed by atoms with Gasteiger partial charge in [0.2, 0.25) is 0 Å². The number of ether oxygens (including phenoxy) is 1. The van der Waals surface area contributed by atoms with Crippen LogP contribution in [0.2, 0.25) is 0 Å². The molecule has 324 valence electrons. The minimum Gasteiger partial charge on any atom is -0.504 e. The highest BCUT2D eigenvalue weighted by atomic mass is 33.1. The summed E-state index contributed by atoms with van der Waals surface area (Å²) in [5.74, 6) is 10.0. The van der Waals surface area contributed by atoms with E-state index in [1.54, 1.807) is 21.6 Å². The third-order valence-corrected chi connectivity index (χ3v) is 18.4. The predicted octanol–water partition coefficient (Wildman–Crippen LogP) is 6.97. The zero-order valence-electron chi connectivity index (χ0n) is 35.2. The number of fused-ring (bicyclic) bond motifs is 6. The Labute approximate surface area is 363 Å². The van der Waals surface area contributed by atoms with Crippen LogP contribution in [-0.4, -0.2) is 79.6 Å². The minimum absolute atomic E-state index is 0.0186. The molecule has 0 spiro atoms. The van der Waals surface area contributed by atoms with Gasteiger partial charge in [-0.2, -0.15) is 0 Å². The molecule has 4 bridgehead atoms. The number of phenols is 1. The van der Waals surface area contributed by atoms with Crippen LogP contribution in [0.15, 0.2) is 65.2 Å². The van der Waals surface area contributed by atoms with E-state index in [0.717, 1.165) is 66.5 Å². The number of aromatic amines is 1. The highest BCUT2D eigenvalue weighted by Crippen LogP contribution is 2.57. The molecule has 0 unspecified atom stereocenters. The number of benzene rings is 1. The maximum Gasteiger partial charge on any atom is 0.161 e. The SMILES string of the molecule is CC[C@H]1Cc2cc(O)c(O[C@H]3C[C@@H](Cc4ccc[nH]4)C4=CCNC(N)=C4CSSC[C@H](CO)[C@@H]3O)cc2[C@H]2C[C@@H](O)[C@@H]3[C@@H](O)[C@H]4C[C@@H]5CC[C@H](C4)[C@](CC)(C#C[C@H]3C=C12)C5. The first kappa shape index (κ1) is 42.3. The second-order valence-corrected chi connectivity index (χ2v) is 21.7. The summed E-state index contributed by atoms with van der Waals surface area (Å²) in [6.45, 7) is 4.92. The first-order valence-electron chi connectivity index (χ1n) is 22.8. The molecular weight excluding hydrogens is 791 g/mol. The van der Waals surface area contributed by atoms with Gasteiger partial charge in [0, 0.05) is 71.2 Å². The van der Waals surface area contributed by atoms with Crippen molar-refractivity contribution in [3.63, 3.8) is 0 Å². The Balaban J connectivity index is 1.09. The molecule has 8 aliphatic rings. The Kier molecular flexibility index (Phi) is 12.5. The standard InChI is InChI=1S/C49H65N3O6S2/c1-3-28-15-30-19-41(54)43(58-44-20-31(17-35-6-5-12-51-35)36-10-13-52-48(50)40(36)26-60-59-25-33(24-53)46(44)56)22-38(30)39-21-42(55)45-29(18-37(28)39)9-11-49(4-2)23-27-7-8-34(49)16-32(14-27)47(45)57/h5-6,10,12,18-19,22,27-29,31-34,39,42,44-47,51-57H,3-4,7-8,13-17,20-21,23-26,50H2,1-2H3/t27-,28-,29-,31+,32-,33-,34+,39-,42+,44-,45+,46-,47-,49+/m0/s1. The van der Waals surface area contributed by atoms with Gasteiger partial charge in [-0.1, -0.05) is 71.4 Å². The predicted molar refractivity (Wildman–Crippen MR) is 240 cm³/mol. The second kappa shape index (κ2) is 17.7. The van der Waals surface area contributed by atoms with E-state index in [1.807, 2.05) is 24.4 Å². The highest BCUT2D eigenvalue weighted by Gasteiger charge is 2.51. The second-order valence-electron chi connectivity index (χ2n) is 19.2. The lowest BCUT2D eigenvalue weighted by molar-refractivity contribution is -0.0376. The number of allylic oxidation sites excluding steroid dienone is 3. The van der Waals surface area contributed by atoms with Crippen LogP contribution in [0.1, 0.15) is 94.4 Å². The van der Waals surface area contributed by atoms with Crippen LogP contribution in [0.25, 0.3) is 0 Å². The topological polar surface area (TPSA) is 164 Å². The van der Waals surface area contributed by atoms with Crippen LogP contribution in [0.3, 0.4) is 0 Å². The largest absolute Gasteiger partial charge is 0.504 e. The van der Waals surface area contributed by atoms with E-state index in [9.17, 15) is 25.5 Å². The monoisotopic (exact) mass is 855 g/mol. The van der Waals surface area contributed by atoms with Crippen LogP contribution in [0.5, 0.6) is 11.5 Å². The summed E-state index contributed by atoms with van der Waals surface area (Å²) >= 11 is 0. The number of nitrogens with two attached hydrogens (primary N) is 1. The first-order chi connectivity index (χ1) is 29.1. The molecule has 0 amide bonds. The number of rotatable bonds is 7.